The number of amides is 1. The maximum Gasteiger partial charge on any atom is 0.328 e. The van der Waals surface area contributed by atoms with E-state index in [0.717, 1.165) is 0 Å². The van der Waals surface area contributed by atoms with Crippen molar-refractivity contribution in [2.24, 2.45) is 0 Å². The van der Waals surface area contributed by atoms with Gasteiger partial charge in [-0.15, -0.1) is 0 Å². The monoisotopic (exact) mass is 221 g/mol. The Bertz CT molecular complexity index is 183. The molecule has 1 fully saturated rings. The predicted molar refractivity (Wildman–Crippen MR) is 41.3 cm³/mol. The summed E-state index contributed by atoms with van der Waals surface area (Å²) in [6, 6.07) is -0.431. The van der Waals surface area contributed by atoms with Crippen LogP contribution in [0.5, 0.6) is 0 Å². The molecule has 0 aromatic heterocycles. The molecule has 1 heterocycles. The summed E-state index contributed by atoms with van der Waals surface area (Å²) in [4.78, 5) is 21.5. The van der Waals surface area contributed by atoms with Crippen LogP contribution >= 0.6 is 15.9 Å². The lowest BCUT2D eigenvalue weighted by Crippen LogP contribution is -2.38. The number of esters is 1. The van der Waals surface area contributed by atoms with E-state index in [9.17, 15) is 9.59 Å². The smallest absolute Gasteiger partial charge is 0.328 e. The van der Waals surface area contributed by atoms with Crippen molar-refractivity contribution in [1.29, 1.82) is 0 Å². The molecule has 5 heteroatoms. The van der Waals surface area contributed by atoms with E-state index in [4.69, 9.17) is 0 Å². The van der Waals surface area contributed by atoms with Gasteiger partial charge in [-0.25, -0.2) is 4.79 Å². The van der Waals surface area contributed by atoms with Gasteiger partial charge < -0.3 is 10.1 Å². The molecular formula is C6H8BrNO3. The minimum atomic E-state index is -0.431. The molecule has 1 aliphatic rings. The first-order chi connectivity index (χ1) is 5.24. The highest BCUT2D eigenvalue weighted by Crippen LogP contribution is 2.05. The van der Waals surface area contributed by atoms with Crippen LogP contribution in [0.1, 0.15) is 6.42 Å². The second-order valence-electron chi connectivity index (χ2n) is 2.21. The second kappa shape index (κ2) is 3.71. The Balaban J connectivity index is 2.36. The topological polar surface area (TPSA) is 55.4 Å². The molecule has 0 aliphatic carbocycles. The Labute approximate surface area is 72.4 Å². The van der Waals surface area contributed by atoms with E-state index < -0.39 is 6.04 Å². The van der Waals surface area contributed by atoms with E-state index in [1.807, 2.05) is 0 Å². The summed E-state index contributed by atoms with van der Waals surface area (Å²) in [7, 11) is 0. The van der Waals surface area contributed by atoms with Gasteiger partial charge in [0.15, 0.2) is 0 Å². The van der Waals surface area contributed by atoms with Gasteiger partial charge in [0.2, 0.25) is 5.91 Å². The summed E-state index contributed by atoms with van der Waals surface area (Å²) in [6.45, 7) is 0.409. The Kier molecular flexibility index (Phi) is 2.87. The number of carbonyl (C=O) groups is 2. The van der Waals surface area contributed by atoms with Gasteiger partial charge in [-0.05, 0) is 0 Å². The van der Waals surface area contributed by atoms with Crippen LogP contribution in [-0.4, -0.2) is 29.9 Å². The van der Waals surface area contributed by atoms with Crippen molar-refractivity contribution in [3.63, 3.8) is 0 Å². The molecule has 0 aromatic carbocycles. The fourth-order valence-corrected chi connectivity index (χ4v) is 1.02. The fourth-order valence-electron chi connectivity index (χ4n) is 0.860. The maximum atomic E-state index is 10.8. The summed E-state index contributed by atoms with van der Waals surface area (Å²) in [6.07, 6.45) is 0.581. The molecule has 0 bridgehead atoms. The number of alkyl halides is 1. The van der Waals surface area contributed by atoms with Crippen molar-refractivity contribution < 1.29 is 14.3 Å². The average Bonchev–Trinajstić information content (AvgIpc) is 2.37. The molecular weight excluding hydrogens is 214 g/mol. The largest absolute Gasteiger partial charge is 0.464 e. The van der Waals surface area contributed by atoms with Crippen LogP contribution in [0.3, 0.4) is 0 Å². The Morgan fingerprint density at radius 1 is 1.82 bits per heavy atom. The van der Waals surface area contributed by atoms with E-state index in [2.05, 4.69) is 26.0 Å². The molecule has 0 radical (unpaired) electrons. The summed E-state index contributed by atoms with van der Waals surface area (Å²) < 4.78 is 4.64. The molecule has 1 saturated heterocycles. The third-order valence-electron chi connectivity index (χ3n) is 1.39. The Morgan fingerprint density at radius 2 is 2.55 bits per heavy atom. The third-order valence-corrected chi connectivity index (χ3v) is 1.90. The van der Waals surface area contributed by atoms with Gasteiger partial charge in [-0.1, -0.05) is 15.9 Å². The van der Waals surface area contributed by atoms with Gasteiger partial charge >= 0.3 is 5.97 Å². The van der Waals surface area contributed by atoms with Gasteiger partial charge in [0, 0.05) is 6.42 Å². The number of carbonyl (C=O) groups excluding carboxylic acids is 2. The molecule has 62 valence electrons. The maximum absolute atomic E-state index is 10.8. The third kappa shape index (κ3) is 2.18. The molecule has 0 aromatic rings. The van der Waals surface area contributed by atoms with Gasteiger partial charge in [0.1, 0.15) is 6.04 Å². The van der Waals surface area contributed by atoms with E-state index in [1.54, 1.807) is 0 Å². The quantitative estimate of drug-likeness (QED) is 0.520. The zero-order valence-electron chi connectivity index (χ0n) is 5.80. The first kappa shape index (κ1) is 8.52. The van der Waals surface area contributed by atoms with E-state index in [0.29, 0.717) is 13.0 Å². The highest BCUT2D eigenvalue weighted by atomic mass is 79.9. The van der Waals surface area contributed by atoms with Crippen molar-refractivity contribution in [2.45, 2.75) is 12.5 Å². The van der Waals surface area contributed by atoms with Crippen molar-refractivity contribution in [2.75, 3.05) is 11.9 Å². The summed E-state index contributed by atoms with van der Waals surface area (Å²) >= 11 is 2.98. The highest BCUT2D eigenvalue weighted by molar-refractivity contribution is 9.09. The lowest BCUT2D eigenvalue weighted by molar-refractivity contribution is -0.141. The number of nitrogens with one attached hydrogen (secondary N) is 1. The number of halogens is 1. The average molecular weight is 222 g/mol. The lowest BCUT2D eigenvalue weighted by Gasteiger charge is -2.05. The highest BCUT2D eigenvalue weighted by Gasteiger charge is 2.27. The zero-order chi connectivity index (χ0) is 8.27. The lowest BCUT2D eigenvalue weighted by atomic mass is 10.2. The number of rotatable bonds is 2. The standard InChI is InChI=1S/C6H8BrNO3/c7-3-5(9)8-4-1-2-11-6(4)10/h4H,1-3H2,(H,8,9)/t4-/m0/s1. The van der Waals surface area contributed by atoms with Gasteiger partial charge in [0.05, 0.1) is 11.9 Å². The summed E-state index contributed by atoms with van der Waals surface area (Å²) in [5, 5.41) is 2.74. The molecule has 11 heavy (non-hydrogen) atoms. The van der Waals surface area contributed by atoms with Crippen LogP contribution in [-0.2, 0) is 14.3 Å². The molecule has 1 amide bonds. The molecule has 0 saturated carbocycles. The molecule has 1 aliphatic heterocycles. The van der Waals surface area contributed by atoms with Gasteiger partial charge in [0.25, 0.3) is 0 Å². The van der Waals surface area contributed by atoms with Crippen LogP contribution in [0, 0.1) is 0 Å². The first-order valence-electron chi connectivity index (χ1n) is 3.26. The molecule has 1 rings (SSSR count). The van der Waals surface area contributed by atoms with Crippen LogP contribution in [0.4, 0.5) is 0 Å². The van der Waals surface area contributed by atoms with Gasteiger partial charge in [-0.3, -0.25) is 4.79 Å². The molecule has 1 atom stereocenters. The zero-order valence-corrected chi connectivity index (χ0v) is 7.39. The Morgan fingerprint density at radius 3 is 3.00 bits per heavy atom. The molecule has 0 unspecified atom stereocenters. The van der Waals surface area contributed by atoms with Crippen LogP contribution in [0.25, 0.3) is 0 Å². The first-order valence-corrected chi connectivity index (χ1v) is 4.38. The molecule has 4 nitrogen and oxygen atoms in total. The van der Waals surface area contributed by atoms with Gasteiger partial charge in [-0.2, -0.15) is 0 Å². The molecule has 0 spiro atoms. The van der Waals surface area contributed by atoms with E-state index >= 15 is 0 Å². The number of cyclic esters (lactones) is 1. The van der Waals surface area contributed by atoms with Crippen molar-refractivity contribution in [1.82, 2.24) is 5.32 Å². The molecule has 1 N–H and O–H groups in total. The number of ether oxygens (including phenoxy) is 1. The summed E-state index contributed by atoms with van der Waals surface area (Å²) in [5.41, 5.74) is 0. The van der Waals surface area contributed by atoms with Crippen molar-refractivity contribution >= 4 is 27.8 Å². The van der Waals surface area contributed by atoms with E-state index in [1.165, 1.54) is 0 Å². The van der Waals surface area contributed by atoms with Crippen molar-refractivity contribution in [3.8, 4) is 0 Å². The van der Waals surface area contributed by atoms with Crippen LogP contribution in [0.15, 0.2) is 0 Å². The number of hydrogen-bond donors (Lipinski definition) is 1. The SMILES string of the molecule is O=C(CBr)N[C@H]1CCOC1=O. The fraction of sp³-hybridized carbons (Fsp3) is 0.667. The van der Waals surface area contributed by atoms with E-state index in [-0.39, 0.29) is 17.2 Å². The Hall–Kier alpha value is -0.580. The summed E-state index contributed by atoms with van der Waals surface area (Å²) in [5.74, 6) is -0.520. The minimum absolute atomic E-state index is 0.186. The van der Waals surface area contributed by atoms with Crippen LogP contribution in [0.2, 0.25) is 0 Å². The minimum Gasteiger partial charge on any atom is -0.464 e. The van der Waals surface area contributed by atoms with Crippen molar-refractivity contribution in [3.05, 3.63) is 0 Å². The predicted octanol–water partition coefficient (Wildman–Crippen LogP) is -0.187. The normalized spacial score (nSPS) is 23.0. The number of hydrogen-bond acceptors (Lipinski definition) is 3. The second-order valence-corrected chi connectivity index (χ2v) is 2.77. The van der Waals surface area contributed by atoms with Crippen LogP contribution < -0.4 is 5.32 Å².